The Balaban J connectivity index is 1.65. The van der Waals surface area contributed by atoms with E-state index in [1.54, 1.807) is 5.56 Å². The van der Waals surface area contributed by atoms with Crippen LogP contribution in [-0.4, -0.2) is 33.8 Å². The molecule has 0 spiro atoms. The topological polar surface area (TPSA) is 28.4 Å². The summed E-state index contributed by atoms with van der Waals surface area (Å²) in [6, 6.07) is 6.71. The van der Waals surface area contributed by atoms with Crippen molar-refractivity contribution >= 4 is 26.8 Å². The van der Waals surface area contributed by atoms with Crippen LogP contribution in [0.25, 0.3) is 10.9 Å². The molecule has 1 N–H and O–H groups in total. The molecule has 0 radical (unpaired) electrons. The first-order valence-corrected chi connectivity index (χ1v) is 10.9. The Hall–Kier alpha value is -0.840. The number of hydrogen-bond donors (Lipinski definition) is 1. The Morgan fingerprint density at radius 3 is 2.88 bits per heavy atom. The summed E-state index contributed by atoms with van der Waals surface area (Å²) in [5.74, 6) is 1.81. The quantitative estimate of drug-likeness (QED) is 0.687. The smallest absolute Gasteiger partial charge is 0.0591 e. The van der Waals surface area contributed by atoms with Crippen LogP contribution in [0.4, 0.5) is 0 Å². The third kappa shape index (κ3) is 2.25. The monoisotopic (exact) mass is 416 g/mol. The lowest BCUT2D eigenvalue weighted by Crippen LogP contribution is -2.59. The molecule has 4 heteroatoms. The van der Waals surface area contributed by atoms with E-state index in [1.165, 1.54) is 40.5 Å². The van der Waals surface area contributed by atoms with Gasteiger partial charge >= 0.3 is 0 Å². The van der Waals surface area contributed by atoms with Gasteiger partial charge < -0.3 is 9.67 Å². The first-order chi connectivity index (χ1) is 12.4. The molecule has 3 nitrogen and oxygen atoms in total. The molecule has 3 unspecified atom stereocenters. The highest BCUT2D eigenvalue weighted by Gasteiger charge is 2.51. The fraction of sp³-hybridized carbons (Fsp3) is 0.636. The van der Waals surface area contributed by atoms with Crippen LogP contribution in [0.5, 0.6) is 0 Å². The van der Waals surface area contributed by atoms with Crippen LogP contribution in [-0.2, 0) is 19.0 Å². The summed E-state index contributed by atoms with van der Waals surface area (Å²) in [5.41, 5.74) is 4.49. The third-order valence-corrected chi connectivity index (χ3v) is 8.41. The second-order valence-electron chi connectivity index (χ2n) is 9.15. The van der Waals surface area contributed by atoms with Crippen molar-refractivity contribution in [3.05, 3.63) is 33.9 Å². The predicted molar refractivity (Wildman–Crippen MR) is 109 cm³/mol. The van der Waals surface area contributed by atoms with Crippen LogP contribution in [0.15, 0.2) is 22.7 Å². The summed E-state index contributed by atoms with van der Waals surface area (Å²) in [4.78, 5) is 2.76. The number of piperidine rings is 1. The van der Waals surface area contributed by atoms with Gasteiger partial charge in [0.2, 0.25) is 0 Å². The Labute approximate surface area is 164 Å². The number of nitrogens with zero attached hydrogens (tertiary/aromatic N) is 2. The average molecular weight is 417 g/mol. The Bertz CT molecular complexity index is 875. The number of fused-ring (bicyclic) bond motifs is 6. The molecule has 1 saturated heterocycles. The summed E-state index contributed by atoms with van der Waals surface area (Å²) in [6.07, 6.45) is 4.39. The van der Waals surface area contributed by atoms with Crippen LogP contribution >= 0.6 is 15.9 Å². The van der Waals surface area contributed by atoms with Gasteiger partial charge in [-0.1, -0.05) is 22.9 Å². The molecular formula is C22H29BrN2O. The Morgan fingerprint density at radius 1 is 1.27 bits per heavy atom. The standard InChI is InChI=1S/C22H29BrN2O/c1-13-18-11-22(2)21-16(17-10-15(23)5-6-19(17)24(21)3)8-9-25(22)12-14(18)4-7-20(13)26/h5-6,10,13-14,18,20,26H,4,7-9,11-12H2,1-3H3/t13-,14?,18?,20?,22+/m1/s1. The Kier molecular flexibility index (Phi) is 3.87. The van der Waals surface area contributed by atoms with Crippen LogP contribution in [0.3, 0.4) is 0 Å². The van der Waals surface area contributed by atoms with E-state index in [0.717, 1.165) is 25.3 Å². The summed E-state index contributed by atoms with van der Waals surface area (Å²) in [6.45, 7) is 7.10. The zero-order chi connectivity index (χ0) is 18.2. The van der Waals surface area contributed by atoms with Crippen LogP contribution in [0, 0.1) is 17.8 Å². The summed E-state index contributed by atoms with van der Waals surface area (Å²) in [7, 11) is 2.25. The minimum atomic E-state index is -0.113. The molecule has 0 amide bonds. The molecule has 5 atom stereocenters. The lowest BCUT2D eigenvalue weighted by molar-refractivity contribution is -0.0838. The van der Waals surface area contributed by atoms with E-state index in [9.17, 15) is 5.11 Å². The number of aliphatic hydroxyl groups is 1. The van der Waals surface area contributed by atoms with Crippen LogP contribution in [0.1, 0.15) is 44.4 Å². The number of benzene rings is 1. The molecular weight excluding hydrogens is 388 g/mol. The zero-order valence-electron chi connectivity index (χ0n) is 16.0. The first-order valence-electron chi connectivity index (χ1n) is 10.1. The van der Waals surface area contributed by atoms with Crippen molar-refractivity contribution in [3.8, 4) is 0 Å². The van der Waals surface area contributed by atoms with Gasteiger partial charge in [0.15, 0.2) is 0 Å². The third-order valence-electron chi connectivity index (χ3n) is 7.92. The van der Waals surface area contributed by atoms with E-state index in [1.807, 2.05) is 0 Å². The minimum Gasteiger partial charge on any atom is -0.393 e. The fourth-order valence-electron chi connectivity index (χ4n) is 6.49. The highest BCUT2D eigenvalue weighted by Crippen LogP contribution is 2.52. The van der Waals surface area contributed by atoms with Gasteiger partial charge in [-0.2, -0.15) is 0 Å². The molecule has 2 aliphatic heterocycles. The highest BCUT2D eigenvalue weighted by atomic mass is 79.9. The van der Waals surface area contributed by atoms with E-state index in [4.69, 9.17) is 0 Å². The molecule has 3 aliphatic rings. The van der Waals surface area contributed by atoms with E-state index < -0.39 is 0 Å². The molecule has 1 saturated carbocycles. The van der Waals surface area contributed by atoms with Crippen molar-refractivity contribution in [1.29, 1.82) is 0 Å². The van der Waals surface area contributed by atoms with Gasteiger partial charge in [0, 0.05) is 41.2 Å². The van der Waals surface area contributed by atoms with E-state index >= 15 is 0 Å². The second kappa shape index (κ2) is 5.83. The number of rotatable bonds is 0. The van der Waals surface area contributed by atoms with Gasteiger partial charge in [-0.15, -0.1) is 0 Å². The molecule has 140 valence electrons. The van der Waals surface area contributed by atoms with Crippen molar-refractivity contribution in [2.75, 3.05) is 13.1 Å². The van der Waals surface area contributed by atoms with E-state index in [2.05, 4.69) is 64.5 Å². The van der Waals surface area contributed by atoms with Gasteiger partial charge in [0.05, 0.1) is 11.6 Å². The fourth-order valence-corrected chi connectivity index (χ4v) is 6.85. The van der Waals surface area contributed by atoms with Crippen molar-refractivity contribution in [1.82, 2.24) is 9.47 Å². The minimum absolute atomic E-state index is 0.0836. The van der Waals surface area contributed by atoms with Gasteiger partial charge in [0.1, 0.15) is 0 Å². The molecule has 1 aromatic carbocycles. The second-order valence-corrected chi connectivity index (χ2v) is 10.1. The molecule has 26 heavy (non-hydrogen) atoms. The molecule has 3 heterocycles. The predicted octanol–water partition coefficient (Wildman–Crippen LogP) is 4.44. The van der Waals surface area contributed by atoms with Crippen molar-refractivity contribution < 1.29 is 5.11 Å². The average Bonchev–Trinajstić information content (AvgIpc) is 2.90. The number of aromatic nitrogens is 1. The van der Waals surface area contributed by atoms with Gasteiger partial charge in [0.25, 0.3) is 0 Å². The number of halogens is 1. The lowest BCUT2D eigenvalue weighted by Gasteiger charge is -2.56. The van der Waals surface area contributed by atoms with Gasteiger partial charge in [-0.25, -0.2) is 0 Å². The number of hydrogen-bond acceptors (Lipinski definition) is 2. The maximum atomic E-state index is 10.5. The maximum Gasteiger partial charge on any atom is 0.0591 e. The SMILES string of the molecule is C[C@H]1C(O)CCC2CN3CCc4c(n(C)c5ccc(Br)cc45)[C@]3(C)CC21. The summed E-state index contributed by atoms with van der Waals surface area (Å²) < 4.78 is 3.62. The number of aryl methyl sites for hydroxylation is 1. The normalized spacial score (nSPS) is 37.3. The lowest BCUT2D eigenvalue weighted by atomic mass is 9.62. The molecule has 2 fully saturated rings. The van der Waals surface area contributed by atoms with E-state index in [0.29, 0.717) is 11.8 Å². The van der Waals surface area contributed by atoms with Crippen molar-refractivity contribution in [2.24, 2.45) is 24.8 Å². The largest absolute Gasteiger partial charge is 0.393 e. The van der Waals surface area contributed by atoms with Gasteiger partial charge in [-0.05, 0) is 74.1 Å². The van der Waals surface area contributed by atoms with Crippen LogP contribution < -0.4 is 0 Å². The molecule has 2 aromatic rings. The molecule has 1 aliphatic carbocycles. The molecule has 0 bridgehead atoms. The maximum absolute atomic E-state index is 10.5. The van der Waals surface area contributed by atoms with Gasteiger partial charge in [-0.3, -0.25) is 4.90 Å². The Morgan fingerprint density at radius 2 is 2.08 bits per heavy atom. The number of aliphatic hydroxyl groups excluding tert-OH is 1. The summed E-state index contributed by atoms with van der Waals surface area (Å²) in [5, 5.41) is 11.9. The van der Waals surface area contributed by atoms with E-state index in [-0.39, 0.29) is 11.6 Å². The molecule has 1 aromatic heterocycles. The van der Waals surface area contributed by atoms with Crippen LogP contribution in [0.2, 0.25) is 0 Å². The van der Waals surface area contributed by atoms with Crippen molar-refractivity contribution in [2.45, 2.75) is 51.2 Å². The zero-order valence-corrected chi connectivity index (χ0v) is 17.6. The highest BCUT2D eigenvalue weighted by molar-refractivity contribution is 9.10. The first kappa shape index (κ1) is 17.3. The molecule has 5 rings (SSSR count). The summed E-state index contributed by atoms with van der Waals surface area (Å²) >= 11 is 3.66. The van der Waals surface area contributed by atoms with Crippen molar-refractivity contribution in [3.63, 3.8) is 0 Å².